The Kier molecular flexibility index (Phi) is 4.53. The van der Waals surface area contributed by atoms with Crippen LogP contribution in [0.5, 0.6) is 0 Å². The minimum Gasteiger partial charge on any atom is -0.363 e. The fourth-order valence-electron chi connectivity index (χ4n) is 2.74. The van der Waals surface area contributed by atoms with Gasteiger partial charge in [0, 0.05) is 18.3 Å². The largest absolute Gasteiger partial charge is 0.363 e. The third-order valence-electron chi connectivity index (χ3n) is 3.82. The van der Waals surface area contributed by atoms with Crippen LogP contribution in [0.2, 0.25) is 0 Å². The van der Waals surface area contributed by atoms with E-state index in [0.29, 0.717) is 6.54 Å². The lowest BCUT2D eigenvalue weighted by Gasteiger charge is -2.37. The number of anilines is 1. The Balaban J connectivity index is 2.08. The van der Waals surface area contributed by atoms with E-state index in [1.165, 1.54) is 19.3 Å². The number of aromatic nitrogens is 2. The number of aryl methyl sites for hydroxylation is 1. The van der Waals surface area contributed by atoms with Crippen molar-refractivity contribution >= 4 is 5.82 Å². The summed E-state index contributed by atoms with van der Waals surface area (Å²) in [5.41, 5.74) is 7.14. The first-order chi connectivity index (χ1) is 8.78. The number of nitrogens with two attached hydrogens (primary N) is 1. The molecule has 0 amide bonds. The highest BCUT2D eigenvalue weighted by molar-refractivity contribution is 5.38. The lowest BCUT2D eigenvalue weighted by molar-refractivity contribution is 0.330. The maximum atomic E-state index is 5.98. The van der Waals surface area contributed by atoms with Crippen LogP contribution in [0.25, 0.3) is 0 Å². The smallest absolute Gasteiger partial charge is 0.130 e. The van der Waals surface area contributed by atoms with E-state index in [1.807, 2.05) is 0 Å². The molecule has 1 aliphatic rings. The number of nitrogens with zero attached hydrogens (tertiary/aromatic N) is 2. The molecule has 4 heteroatoms. The zero-order valence-electron chi connectivity index (χ0n) is 11.3. The van der Waals surface area contributed by atoms with Crippen LogP contribution >= 0.6 is 0 Å². The highest BCUT2D eigenvalue weighted by Crippen LogP contribution is 2.30. The van der Waals surface area contributed by atoms with E-state index in [2.05, 4.69) is 28.3 Å². The molecule has 1 aromatic heterocycles. The Labute approximate surface area is 109 Å². The molecule has 4 nitrogen and oxygen atoms in total. The standard InChI is InChI=1S/C14H24N4/c1-2-6-12-9-13(17-11-16-12)18-14(10-15)7-4-3-5-8-14/h9,11H,2-8,10,15H2,1H3,(H,16,17,18). The van der Waals surface area contributed by atoms with Crippen LogP contribution in [0.15, 0.2) is 12.4 Å². The zero-order valence-corrected chi connectivity index (χ0v) is 11.3. The zero-order chi connectivity index (χ0) is 12.8. The monoisotopic (exact) mass is 248 g/mol. The van der Waals surface area contributed by atoms with Crippen LogP contribution in [0.3, 0.4) is 0 Å². The Hall–Kier alpha value is -1.16. The van der Waals surface area contributed by atoms with Gasteiger partial charge in [-0.1, -0.05) is 32.6 Å². The van der Waals surface area contributed by atoms with Gasteiger partial charge in [0.25, 0.3) is 0 Å². The normalized spacial score (nSPS) is 18.6. The van der Waals surface area contributed by atoms with E-state index in [4.69, 9.17) is 5.73 Å². The molecule has 18 heavy (non-hydrogen) atoms. The van der Waals surface area contributed by atoms with Gasteiger partial charge in [-0.15, -0.1) is 0 Å². The van der Waals surface area contributed by atoms with Crippen molar-refractivity contribution in [1.82, 2.24) is 9.97 Å². The first kappa shape index (κ1) is 13.3. The van der Waals surface area contributed by atoms with Crippen molar-refractivity contribution in [3.63, 3.8) is 0 Å². The molecule has 0 aromatic carbocycles. The van der Waals surface area contributed by atoms with Gasteiger partial charge in [0.1, 0.15) is 12.1 Å². The minimum absolute atomic E-state index is 0.0517. The van der Waals surface area contributed by atoms with Gasteiger partial charge >= 0.3 is 0 Å². The molecule has 1 saturated carbocycles. The summed E-state index contributed by atoms with van der Waals surface area (Å²) < 4.78 is 0. The molecular weight excluding hydrogens is 224 g/mol. The number of nitrogens with one attached hydrogen (secondary N) is 1. The maximum Gasteiger partial charge on any atom is 0.130 e. The average molecular weight is 248 g/mol. The van der Waals surface area contributed by atoms with Crippen molar-refractivity contribution in [3.8, 4) is 0 Å². The third kappa shape index (κ3) is 3.19. The molecule has 1 fully saturated rings. The topological polar surface area (TPSA) is 63.8 Å². The van der Waals surface area contributed by atoms with E-state index in [9.17, 15) is 0 Å². The van der Waals surface area contributed by atoms with Gasteiger partial charge in [-0.3, -0.25) is 0 Å². The van der Waals surface area contributed by atoms with Crippen molar-refractivity contribution in [2.75, 3.05) is 11.9 Å². The molecule has 0 bridgehead atoms. The second kappa shape index (κ2) is 6.14. The van der Waals surface area contributed by atoms with Gasteiger partial charge in [0.15, 0.2) is 0 Å². The summed E-state index contributed by atoms with van der Waals surface area (Å²) in [7, 11) is 0. The summed E-state index contributed by atoms with van der Waals surface area (Å²) in [5.74, 6) is 0.931. The van der Waals surface area contributed by atoms with Gasteiger partial charge in [0.2, 0.25) is 0 Å². The summed E-state index contributed by atoms with van der Waals surface area (Å²) in [6.07, 6.45) is 9.92. The van der Waals surface area contributed by atoms with E-state index >= 15 is 0 Å². The summed E-state index contributed by atoms with van der Waals surface area (Å²) in [6, 6.07) is 2.06. The van der Waals surface area contributed by atoms with Gasteiger partial charge < -0.3 is 11.1 Å². The Morgan fingerprint density at radius 3 is 2.72 bits per heavy atom. The summed E-state index contributed by atoms with van der Waals surface area (Å²) in [6.45, 7) is 2.85. The van der Waals surface area contributed by atoms with Gasteiger partial charge in [-0.25, -0.2) is 9.97 Å². The molecule has 1 aliphatic carbocycles. The molecule has 100 valence electrons. The van der Waals surface area contributed by atoms with E-state index < -0.39 is 0 Å². The van der Waals surface area contributed by atoms with Crippen LogP contribution in [0.1, 0.15) is 51.1 Å². The van der Waals surface area contributed by atoms with E-state index in [1.54, 1.807) is 6.33 Å². The molecule has 0 saturated heterocycles. The van der Waals surface area contributed by atoms with Crippen molar-refractivity contribution < 1.29 is 0 Å². The number of hydrogen-bond donors (Lipinski definition) is 2. The molecule has 1 heterocycles. The van der Waals surface area contributed by atoms with E-state index in [0.717, 1.165) is 37.2 Å². The Morgan fingerprint density at radius 2 is 2.06 bits per heavy atom. The van der Waals surface area contributed by atoms with Gasteiger partial charge in [-0.2, -0.15) is 0 Å². The lowest BCUT2D eigenvalue weighted by atomic mass is 9.81. The van der Waals surface area contributed by atoms with Crippen molar-refractivity contribution in [1.29, 1.82) is 0 Å². The Bertz CT molecular complexity index is 372. The van der Waals surface area contributed by atoms with E-state index in [-0.39, 0.29) is 5.54 Å². The van der Waals surface area contributed by atoms with Crippen LogP contribution < -0.4 is 11.1 Å². The van der Waals surface area contributed by atoms with Gasteiger partial charge in [-0.05, 0) is 19.3 Å². The molecule has 0 atom stereocenters. The second-order valence-electron chi connectivity index (χ2n) is 5.31. The fourth-order valence-corrected chi connectivity index (χ4v) is 2.74. The molecule has 0 spiro atoms. The first-order valence-electron chi connectivity index (χ1n) is 7.07. The quantitative estimate of drug-likeness (QED) is 0.840. The maximum absolute atomic E-state index is 5.98. The molecule has 1 aromatic rings. The molecule has 0 aliphatic heterocycles. The van der Waals surface area contributed by atoms with Gasteiger partial charge in [0.05, 0.1) is 5.54 Å². The first-order valence-corrected chi connectivity index (χ1v) is 7.07. The molecule has 2 rings (SSSR count). The fraction of sp³-hybridized carbons (Fsp3) is 0.714. The summed E-state index contributed by atoms with van der Waals surface area (Å²) in [5, 5.41) is 3.57. The average Bonchev–Trinajstić information content (AvgIpc) is 2.41. The van der Waals surface area contributed by atoms with Crippen LogP contribution in [-0.4, -0.2) is 22.1 Å². The summed E-state index contributed by atoms with van der Waals surface area (Å²) in [4.78, 5) is 8.62. The third-order valence-corrected chi connectivity index (χ3v) is 3.82. The predicted octanol–water partition coefficient (Wildman–Crippen LogP) is 2.50. The number of hydrogen-bond acceptors (Lipinski definition) is 4. The van der Waals surface area contributed by atoms with Crippen molar-refractivity contribution in [2.45, 2.75) is 57.4 Å². The van der Waals surface area contributed by atoms with Crippen LogP contribution in [0, 0.1) is 0 Å². The highest BCUT2D eigenvalue weighted by atomic mass is 15.1. The lowest BCUT2D eigenvalue weighted by Crippen LogP contribution is -2.47. The molecule has 0 radical (unpaired) electrons. The highest BCUT2D eigenvalue weighted by Gasteiger charge is 2.30. The molecule has 0 unspecified atom stereocenters. The SMILES string of the molecule is CCCc1cc(NC2(CN)CCCCC2)ncn1. The molecular formula is C14H24N4. The van der Waals surface area contributed by atoms with Crippen molar-refractivity contribution in [3.05, 3.63) is 18.1 Å². The van der Waals surface area contributed by atoms with Crippen molar-refractivity contribution in [2.24, 2.45) is 5.73 Å². The predicted molar refractivity (Wildman–Crippen MR) is 74.5 cm³/mol. The number of rotatable bonds is 5. The van der Waals surface area contributed by atoms with Crippen LogP contribution in [-0.2, 0) is 6.42 Å². The second-order valence-corrected chi connectivity index (χ2v) is 5.31. The Morgan fingerprint density at radius 1 is 1.28 bits per heavy atom. The minimum atomic E-state index is 0.0517. The summed E-state index contributed by atoms with van der Waals surface area (Å²) >= 11 is 0. The molecule has 3 N–H and O–H groups in total. The van der Waals surface area contributed by atoms with Crippen LogP contribution in [0.4, 0.5) is 5.82 Å².